The zero-order valence-corrected chi connectivity index (χ0v) is 13.3. The zero-order chi connectivity index (χ0) is 15.8. The highest BCUT2D eigenvalue weighted by Crippen LogP contribution is 2.34. The Hall–Kier alpha value is -1.88. The number of nitrogens with one attached hydrogen (secondary N) is 2. The molecule has 2 saturated heterocycles. The molecule has 2 fully saturated rings. The molecule has 0 aromatic heterocycles. The SMILES string of the molecule is O=C1C2CCC(c3ccc(Cl)cc3)NC2NN1c1ccccc1. The molecule has 3 unspecified atom stereocenters. The van der Waals surface area contributed by atoms with Crippen LogP contribution in [-0.4, -0.2) is 12.1 Å². The van der Waals surface area contributed by atoms with E-state index in [0.29, 0.717) is 0 Å². The van der Waals surface area contributed by atoms with E-state index in [1.54, 1.807) is 5.01 Å². The molecule has 2 aromatic carbocycles. The van der Waals surface area contributed by atoms with E-state index in [1.807, 2.05) is 54.6 Å². The van der Waals surface area contributed by atoms with Gasteiger partial charge in [-0.2, -0.15) is 0 Å². The van der Waals surface area contributed by atoms with Gasteiger partial charge in [-0.15, -0.1) is 0 Å². The molecule has 2 heterocycles. The molecule has 23 heavy (non-hydrogen) atoms. The number of amides is 1. The summed E-state index contributed by atoms with van der Waals surface area (Å²) in [5.74, 6) is 0.127. The average molecular weight is 328 g/mol. The standard InChI is InChI=1S/C18H18ClN3O/c19-13-8-6-12(7-9-13)16-11-10-15-17(20-16)21-22(18(15)23)14-4-2-1-3-5-14/h1-9,15-17,20-21H,10-11H2. The second kappa shape index (κ2) is 5.96. The molecule has 2 aromatic rings. The number of benzene rings is 2. The molecule has 1 amide bonds. The summed E-state index contributed by atoms with van der Waals surface area (Å²) in [7, 11) is 0. The lowest BCUT2D eigenvalue weighted by Gasteiger charge is -2.31. The van der Waals surface area contributed by atoms with Gasteiger partial charge in [0.2, 0.25) is 5.91 Å². The number of carbonyl (C=O) groups is 1. The minimum Gasteiger partial charge on any atom is -0.293 e. The number of hydrogen-bond donors (Lipinski definition) is 2. The first kappa shape index (κ1) is 14.7. The van der Waals surface area contributed by atoms with Crippen molar-refractivity contribution >= 4 is 23.2 Å². The number of para-hydroxylation sites is 1. The summed E-state index contributed by atoms with van der Waals surface area (Å²) >= 11 is 5.96. The molecular formula is C18H18ClN3O. The summed E-state index contributed by atoms with van der Waals surface area (Å²) in [5.41, 5.74) is 5.41. The Balaban J connectivity index is 1.52. The molecule has 118 valence electrons. The van der Waals surface area contributed by atoms with Crippen LogP contribution in [0.2, 0.25) is 5.02 Å². The van der Waals surface area contributed by atoms with Crippen LogP contribution in [0.5, 0.6) is 0 Å². The maximum absolute atomic E-state index is 12.6. The molecule has 2 aliphatic heterocycles. The number of fused-ring (bicyclic) bond motifs is 1. The molecule has 0 saturated carbocycles. The van der Waals surface area contributed by atoms with Crippen molar-refractivity contribution in [2.24, 2.45) is 5.92 Å². The first-order chi connectivity index (χ1) is 11.2. The van der Waals surface area contributed by atoms with E-state index in [4.69, 9.17) is 11.6 Å². The highest BCUT2D eigenvalue weighted by atomic mass is 35.5. The number of hydrogen-bond acceptors (Lipinski definition) is 3. The van der Waals surface area contributed by atoms with Crippen molar-refractivity contribution in [3.8, 4) is 0 Å². The smallest absolute Gasteiger partial charge is 0.247 e. The molecular weight excluding hydrogens is 310 g/mol. The number of hydrazine groups is 1. The van der Waals surface area contributed by atoms with Crippen LogP contribution in [0.25, 0.3) is 0 Å². The lowest BCUT2D eigenvalue weighted by atomic mass is 9.89. The normalized spacial score (nSPS) is 27.1. The molecule has 5 heteroatoms. The van der Waals surface area contributed by atoms with Crippen molar-refractivity contribution in [2.45, 2.75) is 25.0 Å². The number of anilines is 1. The van der Waals surface area contributed by atoms with E-state index in [9.17, 15) is 4.79 Å². The number of rotatable bonds is 2. The van der Waals surface area contributed by atoms with Gasteiger partial charge in [-0.25, -0.2) is 10.4 Å². The highest BCUT2D eigenvalue weighted by Gasteiger charge is 2.44. The van der Waals surface area contributed by atoms with Crippen LogP contribution in [0.3, 0.4) is 0 Å². The molecule has 0 aliphatic carbocycles. The van der Waals surface area contributed by atoms with Crippen molar-refractivity contribution in [2.75, 3.05) is 5.01 Å². The van der Waals surface area contributed by atoms with Crippen LogP contribution in [-0.2, 0) is 4.79 Å². The third-order valence-electron chi connectivity index (χ3n) is 4.64. The molecule has 0 radical (unpaired) electrons. The lowest BCUT2D eigenvalue weighted by Crippen LogP contribution is -2.49. The van der Waals surface area contributed by atoms with Gasteiger partial charge < -0.3 is 0 Å². The van der Waals surface area contributed by atoms with Crippen LogP contribution in [0.15, 0.2) is 54.6 Å². The fourth-order valence-corrected chi connectivity index (χ4v) is 3.55. The fraction of sp³-hybridized carbons (Fsp3) is 0.278. The van der Waals surface area contributed by atoms with Gasteiger partial charge in [0.1, 0.15) is 0 Å². The first-order valence-corrected chi connectivity index (χ1v) is 8.27. The Morgan fingerprint density at radius 3 is 2.48 bits per heavy atom. The predicted molar refractivity (Wildman–Crippen MR) is 90.9 cm³/mol. The van der Waals surface area contributed by atoms with Crippen LogP contribution < -0.4 is 15.8 Å². The minimum atomic E-state index is -0.0304. The minimum absolute atomic E-state index is 0.0150. The van der Waals surface area contributed by atoms with Crippen molar-refractivity contribution in [3.63, 3.8) is 0 Å². The van der Waals surface area contributed by atoms with Crippen molar-refractivity contribution in [3.05, 3.63) is 65.2 Å². The van der Waals surface area contributed by atoms with Gasteiger partial charge in [-0.3, -0.25) is 10.1 Å². The molecule has 3 atom stereocenters. The third kappa shape index (κ3) is 2.74. The Bertz CT molecular complexity index is 704. The van der Waals surface area contributed by atoms with Gasteiger partial charge in [0, 0.05) is 11.1 Å². The van der Waals surface area contributed by atoms with E-state index in [2.05, 4.69) is 10.7 Å². The summed E-state index contributed by atoms with van der Waals surface area (Å²) in [6.45, 7) is 0. The van der Waals surface area contributed by atoms with E-state index < -0.39 is 0 Å². The van der Waals surface area contributed by atoms with Gasteiger partial charge in [-0.1, -0.05) is 41.9 Å². The third-order valence-corrected chi connectivity index (χ3v) is 4.89. The monoisotopic (exact) mass is 327 g/mol. The van der Waals surface area contributed by atoms with E-state index in [0.717, 1.165) is 23.6 Å². The van der Waals surface area contributed by atoms with Gasteiger partial charge in [0.15, 0.2) is 0 Å². The second-order valence-electron chi connectivity index (χ2n) is 6.07. The van der Waals surface area contributed by atoms with Gasteiger partial charge >= 0.3 is 0 Å². The number of carbonyl (C=O) groups excluding carboxylic acids is 1. The number of nitrogens with zero attached hydrogens (tertiary/aromatic N) is 1. The topological polar surface area (TPSA) is 44.4 Å². The van der Waals surface area contributed by atoms with E-state index in [-0.39, 0.29) is 24.0 Å². The Morgan fingerprint density at radius 2 is 1.74 bits per heavy atom. The van der Waals surface area contributed by atoms with E-state index >= 15 is 0 Å². The number of halogens is 1. The van der Waals surface area contributed by atoms with Gasteiger partial charge in [-0.05, 0) is 42.7 Å². The largest absolute Gasteiger partial charge is 0.293 e. The average Bonchev–Trinajstić information content (AvgIpc) is 2.93. The van der Waals surface area contributed by atoms with Crippen LogP contribution >= 0.6 is 11.6 Å². The zero-order valence-electron chi connectivity index (χ0n) is 12.6. The van der Waals surface area contributed by atoms with E-state index in [1.165, 1.54) is 5.56 Å². The molecule has 2 aliphatic rings. The Labute approximate surface area is 140 Å². The lowest BCUT2D eigenvalue weighted by molar-refractivity contribution is -0.121. The second-order valence-corrected chi connectivity index (χ2v) is 6.51. The summed E-state index contributed by atoms with van der Waals surface area (Å²) in [5, 5.41) is 5.98. The molecule has 2 N–H and O–H groups in total. The van der Waals surface area contributed by atoms with Gasteiger partial charge in [0.05, 0.1) is 17.8 Å². The van der Waals surface area contributed by atoms with Crippen LogP contribution in [0, 0.1) is 5.92 Å². The summed E-state index contributed by atoms with van der Waals surface area (Å²) < 4.78 is 0. The van der Waals surface area contributed by atoms with Crippen LogP contribution in [0.4, 0.5) is 5.69 Å². The molecule has 0 spiro atoms. The summed E-state index contributed by atoms with van der Waals surface area (Å²) in [6.07, 6.45) is 1.79. The summed E-state index contributed by atoms with van der Waals surface area (Å²) in [6, 6.07) is 17.9. The molecule has 4 rings (SSSR count). The number of piperidine rings is 1. The van der Waals surface area contributed by atoms with Gasteiger partial charge in [0.25, 0.3) is 0 Å². The highest BCUT2D eigenvalue weighted by molar-refractivity contribution is 6.30. The maximum atomic E-state index is 12.6. The quantitative estimate of drug-likeness (QED) is 0.890. The fourth-order valence-electron chi connectivity index (χ4n) is 3.43. The van der Waals surface area contributed by atoms with Crippen molar-refractivity contribution < 1.29 is 4.79 Å². The first-order valence-electron chi connectivity index (χ1n) is 7.89. The Morgan fingerprint density at radius 1 is 1.00 bits per heavy atom. The van der Waals surface area contributed by atoms with Crippen molar-refractivity contribution in [1.29, 1.82) is 0 Å². The molecule has 0 bridgehead atoms. The van der Waals surface area contributed by atoms with Crippen LogP contribution in [0.1, 0.15) is 24.4 Å². The predicted octanol–water partition coefficient (Wildman–Crippen LogP) is 3.26. The summed E-state index contributed by atoms with van der Waals surface area (Å²) in [4.78, 5) is 12.6. The maximum Gasteiger partial charge on any atom is 0.247 e. The molecule has 4 nitrogen and oxygen atoms in total. The Kier molecular flexibility index (Phi) is 3.81. The van der Waals surface area contributed by atoms with Crippen molar-refractivity contribution in [1.82, 2.24) is 10.7 Å².